The predicted molar refractivity (Wildman–Crippen MR) is 158 cm³/mol. The van der Waals surface area contributed by atoms with Crippen molar-refractivity contribution in [2.75, 3.05) is 35.3 Å². The van der Waals surface area contributed by atoms with Crippen molar-refractivity contribution in [1.82, 2.24) is 9.97 Å². The molecule has 0 saturated carbocycles. The van der Waals surface area contributed by atoms with Crippen molar-refractivity contribution in [3.8, 4) is 0 Å². The van der Waals surface area contributed by atoms with Crippen LogP contribution in [0.3, 0.4) is 0 Å². The second kappa shape index (κ2) is 15.0. The molecular formula is C30H37F3N6O2. The van der Waals surface area contributed by atoms with Gasteiger partial charge in [-0.3, -0.25) is 10.7 Å². The molecule has 1 amide bonds. The van der Waals surface area contributed by atoms with Gasteiger partial charge in [0.25, 0.3) is 0 Å². The lowest BCUT2D eigenvalue weighted by Gasteiger charge is -2.23. The summed E-state index contributed by atoms with van der Waals surface area (Å²) in [5.41, 5.74) is 3.13. The van der Waals surface area contributed by atoms with Gasteiger partial charge in [-0.25, -0.2) is 14.8 Å². The molecule has 3 rings (SSSR count). The van der Waals surface area contributed by atoms with Gasteiger partial charge in [0.2, 0.25) is 0 Å². The number of hydrazone groups is 1. The van der Waals surface area contributed by atoms with E-state index in [1.165, 1.54) is 12.1 Å². The highest BCUT2D eigenvalue weighted by atomic mass is 19.4. The number of rotatable bonds is 12. The minimum Gasteiger partial charge on any atom is -0.445 e. The van der Waals surface area contributed by atoms with E-state index in [2.05, 4.69) is 70.6 Å². The van der Waals surface area contributed by atoms with Gasteiger partial charge in [0.15, 0.2) is 11.6 Å². The summed E-state index contributed by atoms with van der Waals surface area (Å²) in [5, 5.41) is 6.67. The number of carbonyl (C=O) groups is 1. The number of allylic oxidation sites excluding steroid dienone is 4. The number of ether oxygens (including phenoxy) is 1. The molecule has 1 aromatic heterocycles. The maximum atomic E-state index is 12.9. The van der Waals surface area contributed by atoms with E-state index in [1.807, 2.05) is 12.1 Å². The van der Waals surface area contributed by atoms with Crippen molar-refractivity contribution in [2.24, 2.45) is 16.9 Å². The van der Waals surface area contributed by atoms with Crippen LogP contribution < -0.4 is 15.6 Å². The van der Waals surface area contributed by atoms with Crippen molar-refractivity contribution in [3.05, 3.63) is 71.6 Å². The SMILES string of the molecule is CCCN(CCC)c1cc(N/N=C/C2=CC(C)C(C)C=C2)nc(/C=C/COC(=O)Nc2cccc(C(F)(F)F)c2)n1. The molecular weight excluding hydrogens is 533 g/mol. The maximum absolute atomic E-state index is 12.9. The summed E-state index contributed by atoms with van der Waals surface area (Å²) in [7, 11) is 0. The summed E-state index contributed by atoms with van der Waals surface area (Å²) < 4.78 is 43.8. The first kappa shape index (κ1) is 31.4. The average molecular weight is 571 g/mol. The van der Waals surface area contributed by atoms with Crippen LogP contribution in [0.1, 0.15) is 51.9 Å². The standard InChI is InChI=1S/C30H37F3N6O2/c1-5-14-39(15-6-2)28-19-27(38-34-20-23-13-12-21(3)22(4)17-23)36-26(37-28)11-8-16-41-29(40)35-25-10-7-9-24(18-25)30(31,32)33/h7-13,17-22H,5-6,14-16H2,1-4H3,(H,35,40)(H,36,37,38)/b11-8+,34-20+. The van der Waals surface area contributed by atoms with E-state index in [0.717, 1.165) is 49.5 Å². The molecule has 2 atom stereocenters. The largest absolute Gasteiger partial charge is 0.445 e. The number of nitrogens with zero attached hydrogens (tertiary/aromatic N) is 4. The van der Waals surface area contributed by atoms with Crippen LogP contribution in [0.2, 0.25) is 0 Å². The van der Waals surface area contributed by atoms with E-state index in [1.54, 1.807) is 18.4 Å². The Bertz CT molecular complexity index is 1280. The average Bonchev–Trinajstić information content (AvgIpc) is 2.92. The van der Waals surface area contributed by atoms with Crippen LogP contribution in [-0.4, -0.2) is 42.0 Å². The molecule has 0 spiro atoms. The van der Waals surface area contributed by atoms with Crippen molar-refractivity contribution in [2.45, 2.75) is 46.7 Å². The molecule has 1 aliphatic rings. The molecule has 2 N–H and O–H groups in total. The monoisotopic (exact) mass is 570 g/mol. The topological polar surface area (TPSA) is 91.7 Å². The van der Waals surface area contributed by atoms with Crippen LogP contribution in [0.4, 0.5) is 35.3 Å². The van der Waals surface area contributed by atoms with Gasteiger partial charge in [0.1, 0.15) is 12.4 Å². The number of nitrogens with one attached hydrogen (secondary N) is 2. The molecule has 8 nitrogen and oxygen atoms in total. The molecule has 1 aliphatic carbocycles. The minimum atomic E-state index is -4.51. The minimum absolute atomic E-state index is 0.0171. The van der Waals surface area contributed by atoms with Gasteiger partial charge >= 0.3 is 12.3 Å². The highest BCUT2D eigenvalue weighted by molar-refractivity contribution is 5.85. The second-order valence-corrected chi connectivity index (χ2v) is 9.78. The highest BCUT2D eigenvalue weighted by Crippen LogP contribution is 2.30. The van der Waals surface area contributed by atoms with E-state index in [0.29, 0.717) is 23.5 Å². The molecule has 41 heavy (non-hydrogen) atoms. The van der Waals surface area contributed by atoms with Gasteiger partial charge in [-0.1, -0.05) is 52.0 Å². The zero-order valence-corrected chi connectivity index (χ0v) is 23.8. The number of amides is 1. The van der Waals surface area contributed by atoms with Gasteiger partial charge in [-0.15, -0.1) is 0 Å². The predicted octanol–water partition coefficient (Wildman–Crippen LogP) is 7.55. The summed E-state index contributed by atoms with van der Waals surface area (Å²) in [4.78, 5) is 23.4. The third kappa shape index (κ3) is 10.1. The first-order chi connectivity index (χ1) is 19.6. The molecule has 0 aliphatic heterocycles. The van der Waals surface area contributed by atoms with Gasteiger partial charge in [0.05, 0.1) is 11.8 Å². The Balaban J connectivity index is 1.68. The van der Waals surface area contributed by atoms with Crippen LogP contribution in [0, 0.1) is 11.8 Å². The van der Waals surface area contributed by atoms with E-state index >= 15 is 0 Å². The Morgan fingerprint density at radius 2 is 1.88 bits per heavy atom. The van der Waals surface area contributed by atoms with Gasteiger partial charge < -0.3 is 9.64 Å². The number of anilines is 3. The third-order valence-electron chi connectivity index (χ3n) is 6.32. The summed E-state index contributed by atoms with van der Waals surface area (Å²) in [5.74, 6) is 2.54. The molecule has 1 aromatic carbocycles. The zero-order valence-electron chi connectivity index (χ0n) is 23.8. The normalized spacial score (nSPS) is 17.1. The number of benzene rings is 1. The van der Waals surface area contributed by atoms with Gasteiger partial charge in [0, 0.05) is 24.8 Å². The third-order valence-corrected chi connectivity index (χ3v) is 6.32. The lowest BCUT2D eigenvalue weighted by molar-refractivity contribution is -0.137. The Morgan fingerprint density at radius 3 is 2.56 bits per heavy atom. The molecule has 0 fully saturated rings. The molecule has 0 bridgehead atoms. The Hall–Kier alpha value is -4.15. The molecule has 1 heterocycles. The number of alkyl halides is 3. The van der Waals surface area contributed by atoms with E-state index < -0.39 is 17.8 Å². The van der Waals surface area contributed by atoms with Crippen molar-refractivity contribution < 1.29 is 22.7 Å². The smallest absolute Gasteiger partial charge is 0.416 e. The van der Waals surface area contributed by atoms with E-state index in [-0.39, 0.29) is 12.3 Å². The number of halogens is 3. The summed E-state index contributed by atoms with van der Waals surface area (Å²) in [6.45, 7) is 10.1. The fourth-order valence-electron chi connectivity index (χ4n) is 4.04. The molecule has 0 radical (unpaired) electrons. The Morgan fingerprint density at radius 1 is 1.12 bits per heavy atom. The molecule has 11 heteroatoms. The van der Waals surface area contributed by atoms with Crippen LogP contribution >= 0.6 is 0 Å². The molecule has 220 valence electrons. The van der Waals surface area contributed by atoms with Crippen LogP contribution in [0.25, 0.3) is 6.08 Å². The van der Waals surface area contributed by atoms with Gasteiger partial charge in [-0.2, -0.15) is 18.3 Å². The van der Waals surface area contributed by atoms with Gasteiger partial charge in [-0.05, 0) is 60.6 Å². The quantitative estimate of drug-likeness (QED) is 0.202. The molecule has 2 aromatic rings. The lowest BCUT2D eigenvalue weighted by atomic mass is 9.89. The Labute approximate surface area is 239 Å². The van der Waals surface area contributed by atoms with Crippen LogP contribution in [-0.2, 0) is 10.9 Å². The van der Waals surface area contributed by atoms with Crippen molar-refractivity contribution in [1.29, 1.82) is 0 Å². The van der Waals surface area contributed by atoms with E-state index in [9.17, 15) is 18.0 Å². The summed E-state index contributed by atoms with van der Waals surface area (Å²) in [6, 6.07) is 6.17. The van der Waals surface area contributed by atoms with Crippen molar-refractivity contribution in [3.63, 3.8) is 0 Å². The Kier molecular flexibility index (Phi) is 11.5. The summed E-state index contributed by atoms with van der Waals surface area (Å²) in [6.07, 6.45) is 7.80. The number of carbonyl (C=O) groups excluding carboxylic acids is 1. The highest BCUT2D eigenvalue weighted by Gasteiger charge is 2.30. The first-order valence-corrected chi connectivity index (χ1v) is 13.7. The zero-order chi connectivity index (χ0) is 29.8. The fraction of sp³-hybridized carbons (Fsp3) is 0.400. The number of hydrogen-bond donors (Lipinski definition) is 2. The molecule has 2 unspecified atom stereocenters. The first-order valence-electron chi connectivity index (χ1n) is 13.7. The number of hydrogen-bond acceptors (Lipinski definition) is 7. The maximum Gasteiger partial charge on any atom is 0.416 e. The second-order valence-electron chi connectivity index (χ2n) is 9.78. The summed E-state index contributed by atoms with van der Waals surface area (Å²) >= 11 is 0. The molecule has 0 saturated heterocycles. The number of aromatic nitrogens is 2. The lowest BCUT2D eigenvalue weighted by Crippen LogP contribution is -2.26. The van der Waals surface area contributed by atoms with Crippen LogP contribution in [0.5, 0.6) is 0 Å². The van der Waals surface area contributed by atoms with Crippen molar-refractivity contribution >= 4 is 35.7 Å². The fourth-order valence-corrected chi connectivity index (χ4v) is 4.04. The van der Waals surface area contributed by atoms with E-state index in [4.69, 9.17) is 4.74 Å². The van der Waals surface area contributed by atoms with Crippen LogP contribution in [0.15, 0.2) is 65.3 Å².